The largest absolute Gasteiger partial charge is 0.463 e. The van der Waals surface area contributed by atoms with Crippen molar-refractivity contribution in [3.63, 3.8) is 0 Å². The van der Waals surface area contributed by atoms with Crippen LogP contribution in [0.2, 0.25) is 0 Å². The van der Waals surface area contributed by atoms with E-state index in [1.165, 1.54) is 6.92 Å². The molecule has 0 spiro atoms. The maximum Gasteiger partial charge on any atom is 0.302 e. The number of hydrogen-bond acceptors (Lipinski definition) is 3. The maximum absolute atomic E-state index is 10.7. The minimum Gasteiger partial charge on any atom is -0.463 e. The van der Waals surface area contributed by atoms with Crippen LogP contribution < -0.4 is 0 Å². The highest BCUT2D eigenvalue weighted by Gasteiger charge is 2.14. The summed E-state index contributed by atoms with van der Waals surface area (Å²) in [6, 6.07) is 0. The van der Waals surface area contributed by atoms with E-state index >= 15 is 0 Å². The van der Waals surface area contributed by atoms with Crippen molar-refractivity contribution >= 4 is 5.97 Å². The van der Waals surface area contributed by atoms with Gasteiger partial charge in [-0.25, -0.2) is 0 Å². The van der Waals surface area contributed by atoms with E-state index in [0.29, 0.717) is 5.92 Å². The van der Waals surface area contributed by atoms with Gasteiger partial charge in [0.05, 0.1) is 6.10 Å². The first-order valence-electron chi connectivity index (χ1n) is 5.28. The molecule has 0 amide bonds. The first-order valence-corrected chi connectivity index (χ1v) is 5.28. The smallest absolute Gasteiger partial charge is 0.302 e. The average Bonchev–Trinajstić information content (AvgIpc) is 2.01. The molecule has 0 fully saturated rings. The summed E-state index contributed by atoms with van der Waals surface area (Å²) in [6.45, 7) is 7.20. The van der Waals surface area contributed by atoms with Crippen LogP contribution in [0.4, 0.5) is 0 Å². The quantitative estimate of drug-likeness (QED) is 0.671. The van der Waals surface area contributed by atoms with Gasteiger partial charge in [-0.1, -0.05) is 13.3 Å². The minimum atomic E-state index is -0.230. The molecular formula is C11H22O3. The Labute approximate surface area is 86.5 Å². The van der Waals surface area contributed by atoms with E-state index in [4.69, 9.17) is 9.84 Å². The van der Waals surface area contributed by atoms with Crippen molar-refractivity contribution < 1.29 is 14.6 Å². The molecule has 14 heavy (non-hydrogen) atoms. The summed E-state index contributed by atoms with van der Waals surface area (Å²) in [5.74, 6) is 0.137. The molecular weight excluding hydrogens is 180 g/mol. The number of ether oxygens (including phenoxy) is 1. The SMILES string of the molecule is CC(=O)OC(C)C(C)CCCC(C)O. The van der Waals surface area contributed by atoms with Crippen LogP contribution in [0.5, 0.6) is 0 Å². The second-order valence-electron chi connectivity index (χ2n) is 4.07. The Morgan fingerprint density at radius 3 is 2.29 bits per heavy atom. The van der Waals surface area contributed by atoms with Crippen LogP contribution in [0.15, 0.2) is 0 Å². The number of rotatable bonds is 6. The molecule has 0 saturated heterocycles. The Morgan fingerprint density at radius 2 is 1.86 bits per heavy atom. The average molecular weight is 202 g/mol. The van der Waals surface area contributed by atoms with Crippen molar-refractivity contribution in [2.45, 2.75) is 59.2 Å². The van der Waals surface area contributed by atoms with E-state index in [2.05, 4.69) is 6.92 Å². The summed E-state index contributed by atoms with van der Waals surface area (Å²) in [7, 11) is 0. The topological polar surface area (TPSA) is 46.5 Å². The van der Waals surface area contributed by atoms with Gasteiger partial charge in [0.1, 0.15) is 6.10 Å². The first-order chi connectivity index (χ1) is 6.43. The molecule has 0 radical (unpaired) electrons. The van der Waals surface area contributed by atoms with Gasteiger partial charge in [0.15, 0.2) is 0 Å². The van der Waals surface area contributed by atoms with Gasteiger partial charge in [-0.2, -0.15) is 0 Å². The molecule has 3 atom stereocenters. The van der Waals surface area contributed by atoms with Crippen LogP contribution >= 0.6 is 0 Å². The van der Waals surface area contributed by atoms with Crippen molar-refractivity contribution in [1.29, 1.82) is 0 Å². The van der Waals surface area contributed by atoms with Gasteiger partial charge in [0.2, 0.25) is 0 Å². The lowest BCUT2D eigenvalue weighted by Gasteiger charge is -2.19. The summed E-state index contributed by atoms with van der Waals surface area (Å²) in [5.41, 5.74) is 0. The number of aliphatic hydroxyl groups excluding tert-OH is 1. The lowest BCUT2D eigenvalue weighted by atomic mass is 9.98. The van der Waals surface area contributed by atoms with Crippen LogP contribution in [0, 0.1) is 5.92 Å². The predicted octanol–water partition coefficient (Wildman–Crippen LogP) is 2.13. The number of esters is 1. The summed E-state index contributed by atoms with van der Waals surface area (Å²) in [5, 5.41) is 9.06. The number of carbonyl (C=O) groups is 1. The number of aliphatic hydroxyl groups is 1. The molecule has 0 aromatic carbocycles. The van der Waals surface area contributed by atoms with E-state index in [9.17, 15) is 4.79 Å². The standard InChI is InChI=1S/C11H22O3/c1-8(6-5-7-9(2)12)10(3)14-11(4)13/h8-10,12H,5-7H2,1-4H3. The molecule has 3 nitrogen and oxygen atoms in total. The van der Waals surface area contributed by atoms with E-state index < -0.39 is 0 Å². The summed E-state index contributed by atoms with van der Waals surface area (Å²) in [6.07, 6.45) is 2.52. The van der Waals surface area contributed by atoms with E-state index in [0.717, 1.165) is 19.3 Å². The fourth-order valence-electron chi connectivity index (χ4n) is 1.35. The van der Waals surface area contributed by atoms with Crippen LogP contribution in [-0.4, -0.2) is 23.3 Å². The molecule has 1 N–H and O–H groups in total. The van der Waals surface area contributed by atoms with Gasteiger partial charge < -0.3 is 9.84 Å². The third kappa shape index (κ3) is 6.89. The van der Waals surface area contributed by atoms with Gasteiger partial charge in [-0.15, -0.1) is 0 Å². The molecule has 0 aliphatic carbocycles. The normalized spacial score (nSPS) is 17.2. The van der Waals surface area contributed by atoms with Crippen LogP contribution in [0.3, 0.4) is 0 Å². The molecule has 0 heterocycles. The van der Waals surface area contributed by atoms with Crippen molar-refractivity contribution in [3.05, 3.63) is 0 Å². The molecule has 3 unspecified atom stereocenters. The van der Waals surface area contributed by atoms with E-state index in [1.807, 2.05) is 6.92 Å². The number of hydrogen-bond donors (Lipinski definition) is 1. The Kier molecular flexibility index (Phi) is 6.54. The van der Waals surface area contributed by atoms with Crippen molar-refractivity contribution in [3.8, 4) is 0 Å². The molecule has 0 aliphatic rings. The molecule has 0 aliphatic heterocycles. The van der Waals surface area contributed by atoms with Crippen molar-refractivity contribution in [1.82, 2.24) is 0 Å². The highest BCUT2D eigenvalue weighted by atomic mass is 16.5. The zero-order chi connectivity index (χ0) is 11.1. The molecule has 0 aromatic heterocycles. The lowest BCUT2D eigenvalue weighted by molar-refractivity contribution is -0.147. The van der Waals surface area contributed by atoms with E-state index in [-0.39, 0.29) is 18.2 Å². The molecule has 84 valence electrons. The van der Waals surface area contributed by atoms with Crippen LogP contribution in [0.1, 0.15) is 47.0 Å². The lowest BCUT2D eigenvalue weighted by Crippen LogP contribution is -2.20. The Morgan fingerprint density at radius 1 is 1.29 bits per heavy atom. The van der Waals surface area contributed by atoms with E-state index in [1.54, 1.807) is 6.92 Å². The molecule has 0 rings (SSSR count). The van der Waals surface area contributed by atoms with Gasteiger partial charge in [-0.3, -0.25) is 4.79 Å². The van der Waals surface area contributed by atoms with Gasteiger partial charge >= 0.3 is 5.97 Å². The highest BCUT2D eigenvalue weighted by Crippen LogP contribution is 2.15. The third-order valence-electron chi connectivity index (χ3n) is 2.43. The highest BCUT2D eigenvalue weighted by molar-refractivity contribution is 5.66. The Hall–Kier alpha value is -0.570. The first kappa shape index (κ1) is 13.4. The summed E-state index contributed by atoms with van der Waals surface area (Å²) < 4.78 is 5.07. The molecule has 0 saturated carbocycles. The zero-order valence-electron chi connectivity index (χ0n) is 9.62. The summed E-state index contributed by atoms with van der Waals surface area (Å²) >= 11 is 0. The van der Waals surface area contributed by atoms with Gasteiger partial charge in [-0.05, 0) is 32.6 Å². The van der Waals surface area contributed by atoms with Crippen molar-refractivity contribution in [2.75, 3.05) is 0 Å². The molecule has 3 heteroatoms. The Bertz CT molecular complexity index is 166. The molecule has 0 aromatic rings. The van der Waals surface area contributed by atoms with Crippen molar-refractivity contribution in [2.24, 2.45) is 5.92 Å². The fraction of sp³-hybridized carbons (Fsp3) is 0.909. The van der Waals surface area contributed by atoms with Crippen LogP contribution in [-0.2, 0) is 9.53 Å². The maximum atomic E-state index is 10.7. The molecule has 0 bridgehead atoms. The minimum absolute atomic E-state index is 0.0264. The predicted molar refractivity (Wildman–Crippen MR) is 55.9 cm³/mol. The van der Waals surface area contributed by atoms with Gasteiger partial charge in [0.25, 0.3) is 0 Å². The second-order valence-corrected chi connectivity index (χ2v) is 4.07. The van der Waals surface area contributed by atoms with Gasteiger partial charge in [0, 0.05) is 6.92 Å². The third-order valence-corrected chi connectivity index (χ3v) is 2.43. The second kappa shape index (κ2) is 6.82. The van der Waals surface area contributed by atoms with Crippen LogP contribution in [0.25, 0.3) is 0 Å². The fourth-order valence-corrected chi connectivity index (χ4v) is 1.35. The monoisotopic (exact) mass is 202 g/mol. The Balaban J connectivity index is 3.61. The number of carbonyl (C=O) groups excluding carboxylic acids is 1. The summed E-state index contributed by atoms with van der Waals surface area (Å²) in [4.78, 5) is 10.7. The zero-order valence-corrected chi connectivity index (χ0v) is 9.62.